The Morgan fingerprint density at radius 2 is 2.00 bits per heavy atom. The lowest BCUT2D eigenvalue weighted by molar-refractivity contribution is -0.116. The highest BCUT2D eigenvalue weighted by atomic mass is 32.2. The lowest BCUT2D eigenvalue weighted by Gasteiger charge is -2.10. The van der Waals surface area contributed by atoms with Gasteiger partial charge in [0.15, 0.2) is 5.13 Å². The maximum absolute atomic E-state index is 12.6. The van der Waals surface area contributed by atoms with Gasteiger partial charge in [-0.15, -0.1) is 16.4 Å². The predicted molar refractivity (Wildman–Crippen MR) is 130 cm³/mol. The van der Waals surface area contributed by atoms with Gasteiger partial charge in [-0.05, 0) is 50.3 Å². The van der Waals surface area contributed by atoms with Gasteiger partial charge in [0, 0.05) is 28.8 Å². The summed E-state index contributed by atoms with van der Waals surface area (Å²) in [6, 6.07) is 5.52. The predicted octanol–water partition coefficient (Wildman–Crippen LogP) is 4.18. The first-order chi connectivity index (χ1) is 15.9. The van der Waals surface area contributed by atoms with Crippen LogP contribution >= 0.6 is 23.1 Å². The number of carbonyl (C=O) groups excluding carboxylic acids is 1. The average molecular weight is 485 g/mol. The van der Waals surface area contributed by atoms with Crippen LogP contribution in [-0.2, 0) is 11.2 Å². The van der Waals surface area contributed by atoms with Crippen molar-refractivity contribution in [3.63, 3.8) is 0 Å². The van der Waals surface area contributed by atoms with Crippen molar-refractivity contribution in [1.29, 1.82) is 0 Å². The number of nitrogens with one attached hydrogen (secondary N) is 1. The number of benzene rings is 1. The number of amides is 1. The third kappa shape index (κ3) is 4.79. The van der Waals surface area contributed by atoms with Crippen LogP contribution in [0.1, 0.15) is 23.4 Å². The number of aromatic nitrogens is 5. The molecule has 0 radical (unpaired) electrons. The van der Waals surface area contributed by atoms with Crippen LogP contribution in [-0.4, -0.2) is 50.9 Å². The van der Waals surface area contributed by atoms with Crippen LogP contribution in [0.25, 0.3) is 17.0 Å². The molecule has 1 N–H and O–H groups in total. The number of carbonyl (C=O) groups is 1. The summed E-state index contributed by atoms with van der Waals surface area (Å²) < 4.78 is 12.5. The molecule has 0 bridgehead atoms. The smallest absolute Gasteiger partial charge is 0.253 e. The number of thioether (sulfide) groups is 1. The highest BCUT2D eigenvalue weighted by Gasteiger charge is 2.16. The number of hydrogen-bond donors (Lipinski definition) is 1. The van der Waals surface area contributed by atoms with Crippen molar-refractivity contribution in [3.05, 3.63) is 40.5 Å². The minimum atomic E-state index is -0.115. The Kier molecular flexibility index (Phi) is 6.80. The minimum absolute atomic E-state index is 0.115. The Balaban J connectivity index is 1.46. The van der Waals surface area contributed by atoms with E-state index >= 15 is 0 Å². The molecular formula is C22H24N6O3S2. The van der Waals surface area contributed by atoms with Crippen LogP contribution < -0.4 is 14.8 Å². The van der Waals surface area contributed by atoms with Gasteiger partial charge in [0.05, 0.1) is 19.9 Å². The van der Waals surface area contributed by atoms with Crippen LogP contribution in [0.2, 0.25) is 0 Å². The molecule has 9 nitrogen and oxygen atoms in total. The normalized spacial score (nSPS) is 11.1. The lowest BCUT2D eigenvalue weighted by Crippen LogP contribution is -2.14. The zero-order valence-electron chi connectivity index (χ0n) is 19.0. The first-order valence-corrected chi connectivity index (χ1v) is 12.3. The summed E-state index contributed by atoms with van der Waals surface area (Å²) in [4.78, 5) is 26.1. The summed E-state index contributed by atoms with van der Waals surface area (Å²) in [5.41, 5.74) is 4.31. The Labute approximate surface area is 199 Å². The molecule has 0 saturated carbocycles. The zero-order chi connectivity index (χ0) is 23.5. The molecule has 0 unspecified atom stereocenters. The fourth-order valence-electron chi connectivity index (χ4n) is 3.53. The third-order valence-corrected chi connectivity index (χ3v) is 6.54. The topological polar surface area (TPSA) is 104 Å². The van der Waals surface area contributed by atoms with Crippen LogP contribution in [0.15, 0.2) is 28.7 Å². The van der Waals surface area contributed by atoms with E-state index in [0.717, 1.165) is 22.5 Å². The van der Waals surface area contributed by atoms with E-state index in [0.29, 0.717) is 46.1 Å². The SMILES string of the molecule is COc1ccc(OC)c(-c2csc(NC(=O)CCc3c(C)nc4nc(SC)nn4c3C)n2)c1. The number of rotatable bonds is 8. The number of nitrogens with zero attached hydrogens (tertiary/aromatic N) is 5. The van der Waals surface area contributed by atoms with Gasteiger partial charge < -0.3 is 14.8 Å². The van der Waals surface area contributed by atoms with Gasteiger partial charge in [-0.25, -0.2) is 14.5 Å². The van der Waals surface area contributed by atoms with Crippen molar-refractivity contribution in [3.8, 4) is 22.8 Å². The molecule has 0 spiro atoms. The van der Waals surface area contributed by atoms with Crippen molar-refractivity contribution in [2.75, 3.05) is 25.8 Å². The summed E-state index contributed by atoms with van der Waals surface area (Å²) in [6.45, 7) is 3.91. The lowest BCUT2D eigenvalue weighted by atomic mass is 10.1. The standard InChI is InChI=1S/C22H24N6O3S2/c1-12-15(13(2)28-20(23-12)26-22(27-28)32-5)7-9-19(29)25-21-24-17(11-33-21)16-10-14(30-3)6-8-18(16)31-4/h6,8,10-11H,7,9H2,1-5H3,(H,24,25,29). The monoisotopic (exact) mass is 484 g/mol. The van der Waals surface area contributed by atoms with Crippen LogP contribution in [0.4, 0.5) is 5.13 Å². The largest absolute Gasteiger partial charge is 0.497 e. The van der Waals surface area contributed by atoms with E-state index in [4.69, 9.17) is 9.47 Å². The number of anilines is 1. The molecule has 33 heavy (non-hydrogen) atoms. The van der Waals surface area contributed by atoms with E-state index in [2.05, 4.69) is 25.4 Å². The fourth-order valence-corrected chi connectivity index (χ4v) is 4.59. The summed E-state index contributed by atoms with van der Waals surface area (Å²) in [6.07, 6.45) is 2.77. The summed E-state index contributed by atoms with van der Waals surface area (Å²) in [5, 5.41) is 10.4. The van der Waals surface area contributed by atoms with E-state index in [9.17, 15) is 4.79 Å². The van der Waals surface area contributed by atoms with Gasteiger partial charge >= 0.3 is 0 Å². The van der Waals surface area contributed by atoms with Crippen molar-refractivity contribution in [2.24, 2.45) is 0 Å². The number of thiazole rings is 1. The Morgan fingerprint density at radius 3 is 2.73 bits per heavy atom. The van der Waals surface area contributed by atoms with Crippen LogP contribution in [0, 0.1) is 13.8 Å². The average Bonchev–Trinajstić information content (AvgIpc) is 3.45. The Bertz CT molecular complexity index is 1320. The third-order valence-electron chi connectivity index (χ3n) is 5.25. The second kappa shape index (κ2) is 9.75. The summed E-state index contributed by atoms with van der Waals surface area (Å²) in [5.74, 6) is 1.85. The number of ether oxygens (including phenoxy) is 2. The van der Waals surface area contributed by atoms with Crippen molar-refractivity contribution in [2.45, 2.75) is 31.8 Å². The van der Waals surface area contributed by atoms with E-state index < -0.39 is 0 Å². The van der Waals surface area contributed by atoms with E-state index in [1.165, 1.54) is 23.1 Å². The van der Waals surface area contributed by atoms with E-state index in [1.54, 1.807) is 18.7 Å². The van der Waals surface area contributed by atoms with Gasteiger partial charge in [-0.3, -0.25) is 4.79 Å². The van der Waals surface area contributed by atoms with Gasteiger partial charge in [0.2, 0.25) is 11.1 Å². The van der Waals surface area contributed by atoms with Gasteiger partial charge in [-0.1, -0.05) is 11.8 Å². The molecule has 0 aliphatic heterocycles. The molecule has 3 heterocycles. The zero-order valence-corrected chi connectivity index (χ0v) is 20.6. The highest BCUT2D eigenvalue weighted by molar-refractivity contribution is 7.98. The molecule has 1 amide bonds. The molecule has 4 rings (SSSR count). The Morgan fingerprint density at radius 1 is 1.18 bits per heavy atom. The molecule has 11 heteroatoms. The maximum Gasteiger partial charge on any atom is 0.253 e. The molecular weight excluding hydrogens is 460 g/mol. The molecule has 0 aliphatic rings. The molecule has 1 aromatic carbocycles. The van der Waals surface area contributed by atoms with Crippen molar-refractivity contribution < 1.29 is 14.3 Å². The van der Waals surface area contributed by atoms with Gasteiger partial charge in [0.25, 0.3) is 5.78 Å². The number of fused-ring (bicyclic) bond motifs is 1. The molecule has 0 fully saturated rings. The number of methoxy groups -OCH3 is 2. The quantitative estimate of drug-likeness (QED) is 0.372. The number of hydrogen-bond acceptors (Lipinski definition) is 9. The van der Waals surface area contributed by atoms with Crippen LogP contribution in [0.3, 0.4) is 0 Å². The summed E-state index contributed by atoms with van der Waals surface area (Å²) >= 11 is 2.84. The van der Waals surface area contributed by atoms with Crippen molar-refractivity contribution >= 4 is 39.9 Å². The van der Waals surface area contributed by atoms with Crippen LogP contribution in [0.5, 0.6) is 11.5 Å². The maximum atomic E-state index is 12.6. The van der Waals surface area contributed by atoms with E-state index in [-0.39, 0.29) is 5.91 Å². The molecule has 172 valence electrons. The molecule has 4 aromatic rings. The first-order valence-electron chi connectivity index (χ1n) is 10.2. The summed E-state index contributed by atoms with van der Waals surface area (Å²) in [7, 11) is 3.22. The second-order valence-electron chi connectivity index (χ2n) is 7.22. The van der Waals surface area contributed by atoms with Gasteiger partial charge in [-0.2, -0.15) is 4.98 Å². The van der Waals surface area contributed by atoms with Crippen molar-refractivity contribution in [1.82, 2.24) is 24.6 Å². The first kappa shape index (κ1) is 23.0. The van der Waals surface area contributed by atoms with Gasteiger partial charge in [0.1, 0.15) is 11.5 Å². The highest BCUT2D eigenvalue weighted by Crippen LogP contribution is 2.35. The molecule has 0 aliphatic carbocycles. The molecule has 0 atom stereocenters. The molecule has 0 saturated heterocycles. The van der Waals surface area contributed by atoms with E-state index in [1.807, 2.05) is 43.7 Å². The molecule has 3 aromatic heterocycles. The Hall–Kier alpha value is -3.18. The minimum Gasteiger partial charge on any atom is -0.497 e. The fraction of sp³-hybridized carbons (Fsp3) is 0.318. The second-order valence-corrected chi connectivity index (χ2v) is 8.86. The number of aryl methyl sites for hydroxylation is 2.